The molecule has 0 aromatic heterocycles. The second kappa shape index (κ2) is 8.06. The number of rotatable bonds is 4. The number of anilines is 2. The summed E-state index contributed by atoms with van der Waals surface area (Å²) in [5, 5.41) is 3.03. The minimum Gasteiger partial charge on any atom is -0.369 e. The minimum absolute atomic E-state index is 0.118. The predicted molar refractivity (Wildman–Crippen MR) is 104 cm³/mol. The van der Waals surface area contributed by atoms with Gasteiger partial charge in [-0.3, -0.25) is 9.69 Å². The molecule has 1 heterocycles. The van der Waals surface area contributed by atoms with Crippen molar-refractivity contribution in [2.24, 2.45) is 0 Å². The Balaban J connectivity index is 1.58. The van der Waals surface area contributed by atoms with Crippen LogP contribution in [-0.2, 0) is 4.79 Å². The quantitative estimate of drug-likeness (QED) is 0.879. The van der Waals surface area contributed by atoms with Crippen LogP contribution in [0.15, 0.2) is 42.5 Å². The lowest BCUT2D eigenvalue weighted by atomic mass is 10.1. The predicted octanol–water partition coefficient (Wildman–Crippen LogP) is 3.94. The van der Waals surface area contributed by atoms with E-state index in [9.17, 15) is 9.18 Å². The molecule has 1 aliphatic heterocycles. The number of aryl methyl sites for hydroxylation is 1. The van der Waals surface area contributed by atoms with Gasteiger partial charge in [0.1, 0.15) is 5.82 Å². The van der Waals surface area contributed by atoms with E-state index in [1.54, 1.807) is 0 Å². The van der Waals surface area contributed by atoms with Crippen molar-refractivity contribution in [3.05, 3.63) is 58.9 Å². The van der Waals surface area contributed by atoms with Crippen molar-refractivity contribution in [2.75, 3.05) is 36.4 Å². The maximum absolute atomic E-state index is 13.8. The average molecular weight is 376 g/mol. The molecule has 0 aliphatic carbocycles. The molecule has 4 nitrogen and oxygen atoms in total. The van der Waals surface area contributed by atoms with Gasteiger partial charge >= 0.3 is 0 Å². The molecule has 0 spiro atoms. The Morgan fingerprint density at radius 1 is 1.15 bits per heavy atom. The summed E-state index contributed by atoms with van der Waals surface area (Å²) in [6, 6.07) is 12.2. The maximum Gasteiger partial charge on any atom is 0.241 e. The van der Waals surface area contributed by atoms with Gasteiger partial charge < -0.3 is 10.2 Å². The molecule has 3 rings (SSSR count). The molecular weight excluding hydrogens is 353 g/mol. The lowest BCUT2D eigenvalue weighted by Gasteiger charge is -2.38. The van der Waals surface area contributed by atoms with Gasteiger partial charge in [0.05, 0.1) is 11.7 Å². The highest BCUT2D eigenvalue weighted by Gasteiger charge is 2.26. The van der Waals surface area contributed by atoms with Gasteiger partial charge in [0.15, 0.2) is 0 Å². The first-order valence-corrected chi connectivity index (χ1v) is 9.13. The summed E-state index contributed by atoms with van der Waals surface area (Å²) in [5.41, 5.74) is 2.57. The normalized spacial score (nSPS) is 16.4. The van der Waals surface area contributed by atoms with Crippen molar-refractivity contribution in [1.29, 1.82) is 0 Å². The van der Waals surface area contributed by atoms with Crippen molar-refractivity contribution in [2.45, 2.75) is 19.9 Å². The molecule has 1 saturated heterocycles. The van der Waals surface area contributed by atoms with E-state index in [2.05, 4.69) is 46.3 Å². The van der Waals surface area contributed by atoms with E-state index in [-0.39, 0.29) is 17.6 Å². The molecule has 0 radical (unpaired) electrons. The van der Waals surface area contributed by atoms with Crippen LogP contribution >= 0.6 is 11.6 Å². The molecule has 0 bridgehead atoms. The van der Waals surface area contributed by atoms with Gasteiger partial charge in [-0.2, -0.15) is 0 Å². The van der Waals surface area contributed by atoms with Gasteiger partial charge in [0.2, 0.25) is 5.91 Å². The van der Waals surface area contributed by atoms with Crippen molar-refractivity contribution >= 4 is 28.9 Å². The number of piperazine rings is 1. The Kier molecular flexibility index (Phi) is 5.79. The maximum atomic E-state index is 13.8. The van der Waals surface area contributed by atoms with Crippen LogP contribution in [0.3, 0.4) is 0 Å². The Morgan fingerprint density at radius 3 is 2.58 bits per heavy atom. The SMILES string of the molecule is Cc1cccc(N2CCN(C(C)C(=O)Nc3cc(Cl)ccc3F)CC2)c1. The largest absolute Gasteiger partial charge is 0.369 e. The third-order valence-electron chi connectivity index (χ3n) is 4.79. The fourth-order valence-corrected chi connectivity index (χ4v) is 3.36. The van der Waals surface area contributed by atoms with Gasteiger partial charge in [0.25, 0.3) is 0 Å². The molecular formula is C20H23ClFN3O. The summed E-state index contributed by atoms with van der Waals surface area (Å²) in [4.78, 5) is 16.9. The van der Waals surface area contributed by atoms with Crippen LogP contribution in [0.25, 0.3) is 0 Å². The number of halogens is 2. The number of nitrogens with one attached hydrogen (secondary N) is 1. The van der Waals surface area contributed by atoms with Crippen molar-refractivity contribution in [1.82, 2.24) is 4.90 Å². The molecule has 1 amide bonds. The third-order valence-corrected chi connectivity index (χ3v) is 5.03. The van der Waals surface area contributed by atoms with Gasteiger partial charge in [-0.15, -0.1) is 0 Å². The van der Waals surface area contributed by atoms with Crippen LogP contribution in [0, 0.1) is 12.7 Å². The van der Waals surface area contributed by atoms with Crippen LogP contribution in [-0.4, -0.2) is 43.0 Å². The van der Waals surface area contributed by atoms with E-state index in [1.807, 2.05) is 6.92 Å². The summed E-state index contributed by atoms with van der Waals surface area (Å²) < 4.78 is 13.8. The van der Waals surface area contributed by atoms with E-state index in [4.69, 9.17) is 11.6 Å². The molecule has 1 atom stereocenters. The second-order valence-electron chi connectivity index (χ2n) is 6.65. The van der Waals surface area contributed by atoms with Crippen molar-refractivity contribution in [3.63, 3.8) is 0 Å². The van der Waals surface area contributed by atoms with Gasteiger partial charge in [-0.05, 0) is 49.7 Å². The summed E-state index contributed by atoms with van der Waals surface area (Å²) in [5.74, 6) is -0.714. The Hall–Kier alpha value is -2.11. The number of carbonyl (C=O) groups is 1. The molecule has 2 aromatic carbocycles. The molecule has 0 saturated carbocycles. The zero-order chi connectivity index (χ0) is 18.7. The van der Waals surface area contributed by atoms with Crippen molar-refractivity contribution < 1.29 is 9.18 Å². The minimum atomic E-state index is -0.487. The smallest absolute Gasteiger partial charge is 0.241 e. The van der Waals surface area contributed by atoms with E-state index < -0.39 is 5.82 Å². The molecule has 138 valence electrons. The number of hydrogen-bond acceptors (Lipinski definition) is 3. The number of amides is 1. The zero-order valence-corrected chi connectivity index (χ0v) is 15.8. The van der Waals surface area contributed by atoms with Crippen LogP contribution in [0.2, 0.25) is 5.02 Å². The second-order valence-corrected chi connectivity index (χ2v) is 7.09. The number of carbonyl (C=O) groups excluding carboxylic acids is 1. The third kappa shape index (κ3) is 4.34. The van der Waals surface area contributed by atoms with Gasteiger partial charge in [-0.1, -0.05) is 23.7 Å². The zero-order valence-electron chi connectivity index (χ0n) is 15.0. The molecule has 2 aromatic rings. The van der Waals surface area contributed by atoms with E-state index >= 15 is 0 Å². The molecule has 26 heavy (non-hydrogen) atoms. The van der Waals surface area contributed by atoms with Crippen molar-refractivity contribution in [3.8, 4) is 0 Å². The van der Waals surface area contributed by atoms with E-state index in [1.165, 1.54) is 29.4 Å². The molecule has 1 N–H and O–H groups in total. The Morgan fingerprint density at radius 2 is 1.88 bits per heavy atom. The first kappa shape index (κ1) is 18.7. The fourth-order valence-electron chi connectivity index (χ4n) is 3.19. The summed E-state index contributed by atoms with van der Waals surface area (Å²) in [6.07, 6.45) is 0. The number of hydrogen-bond donors (Lipinski definition) is 1. The van der Waals surface area contributed by atoms with Crippen LogP contribution < -0.4 is 10.2 Å². The average Bonchev–Trinajstić information content (AvgIpc) is 2.64. The molecule has 1 aliphatic rings. The molecule has 1 unspecified atom stereocenters. The fraction of sp³-hybridized carbons (Fsp3) is 0.350. The Bertz CT molecular complexity index is 790. The molecule has 6 heteroatoms. The highest BCUT2D eigenvalue weighted by Crippen LogP contribution is 2.21. The van der Waals surface area contributed by atoms with Crippen LogP contribution in [0.1, 0.15) is 12.5 Å². The first-order chi connectivity index (χ1) is 12.4. The number of benzene rings is 2. The summed E-state index contributed by atoms with van der Waals surface area (Å²) >= 11 is 5.88. The standard InChI is InChI=1S/C20H23ClFN3O/c1-14-4-3-5-17(12-14)25-10-8-24(9-11-25)15(2)20(26)23-19-13-16(21)6-7-18(19)22/h3-7,12-13,15H,8-11H2,1-2H3,(H,23,26). The Labute approximate surface area is 158 Å². The summed E-state index contributed by atoms with van der Waals surface area (Å²) in [7, 11) is 0. The monoisotopic (exact) mass is 375 g/mol. The van der Waals surface area contributed by atoms with Crippen LogP contribution in [0.5, 0.6) is 0 Å². The molecule has 1 fully saturated rings. The van der Waals surface area contributed by atoms with E-state index in [0.717, 1.165) is 26.2 Å². The topological polar surface area (TPSA) is 35.6 Å². The highest BCUT2D eigenvalue weighted by molar-refractivity contribution is 6.30. The lowest BCUT2D eigenvalue weighted by Crippen LogP contribution is -2.52. The van der Waals surface area contributed by atoms with Crippen LogP contribution in [0.4, 0.5) is 15.8 Å². The summed E-state index contributed by atoms with van der Waals surface area (Å²) in [6.45, 7) is 7.20. The lowest BCUT2D eigenvalue weighted by molar-refractivity contribution is -0.120. The number of nitrogens with zero attached hydrogens (tertiary/aromatic N) is 2. The van der Waals surface area contributed by atoms with Gasteiger partial charge in [0, 0.05) is 36.9 Å². The first-order valence-electron chi connectivity index (χ1n) is 8.75. The van der Waals surface area contributed by atoms with E-state index in [0.29, 0.717) is 5.02 Å². The highest BCUT2D eigenvalue weighted by atomic mass is 35.5. The van der Waals surface area contributed by atoms with Gasteiger partial charge in [-0.25, -0.2) is 4.39 Å².